The van der Waals surface area contributed by atoms with Crippen molar-refractivity contribution >= 4 is 17.7 Å². The fourth-order valence-corrected chi connectivity index (χ4v) is 0.771. The molecule has 0 fully saturated rings. The minimum absolute atomic E-state index is 0.144. The van der Waals surface area contributed by atoms with Gasteiger partial charge in [-0.3, -0.25) is 14.4 Å². The van der Waals surface area contributed by atoms with E-state index in [2.05, 4.69) is 4.74 Å². The van der Waals surface area contributed by atoms with Crippen LogP contribution in [0.3, 0.4) is 0 Å². The van der Waals surface area contributed by atoms with Crippen molar-refractivity contribution in [1.29, 1.82) is 0 Å². The molecule has 5 nitrogen and oxygen atoms in total. The van der Waals surface area contributed by atoms with Crippen molar-refractivity contribution in [1.82, 2.24) is 0 Å². The average molecular weight is 216 g/mol. The average Bonchev–Trinajstić information content (AvgIpc) is 2.12. The lowest BCUT2D eigenvalue weighted by Crippen LogP contribution is -2.21. The first-order valence-corrected chi connectivity index (χ1v) is 4.76. The molecule has 0 aliphatic heterocycles. The molecule has 0 saturated heterocycles. The number of rotatable bonds is 6. The molecule has 0 spiro atoms. The first-order chi connectivity index (χ1) is 6.93. The van der Waals surface area contributed by atoms with Crippen molar-refractivity contribution in [3.63, 3.8) is 0 Å². The van der Waals surface area contributed by atoms with E-state index < -0.39 is 12.1 Å². The van der Waals surface area contributed by atoms with Crippen molar-refractivity contribution in [3.05, 3.63) is 0 Å². The third-order valence-electron chi connectivity index (χ3n) is 1.71. The minimum atomic E-state index is -0.703. The summed E-state index contributed by atoms with van der Waals surface area (Å²) in [5.74, 6) is -1.02. The van der Waals surface area contributed by atoms with Gasteiger partial charge in [0.1, 0.15) is 0 Å². The van der Waals surface area contributed by atoms with Crippen LogP contribution < -0.4 is 0 Å². The molecule has 0 saturated carbocycles. The molecule has 1 unspecified atom stereocenters. The molecule has 15 heavy (non-hydrogen) atoms. The summed E-state index contributed by atoms with van der Waals surface area (Å²) in [7, 11) is 0. The third kappa shape index (κ3) is 7.66. The van der Waals surface area contributed by atoms with Crippen LogP contribution in [0.25, 0.3) is 0 Å². The SMILES string of the molecule is CC(=O)OCCCC(=O)OC(C)C(C)=O. The third-order valence-corrected chi connectivity index (χ3v) is 1.71. The molecule has 5 heteroatoms. The van der Waals surface area contributed by atoms with Crippen LogP contribution in [-0.4, -0.2) is 30.4 Å². The fraction of sp³-hybridized carbons (Fsp3) is 0.700. The smallest absolute Gasteiger partial charge is 0.306 e. The zero-order valence-corrected chi connectivity index (χ0v) is 9.24. The normalized spacial score (nSPS) is 11.7. The van der Waals surface area contributed by atoms with Crippen LogP contribution in [0.2, 0.25) is 0 Å². The predicted octanol–water partition coefficient (Wildman–Crippen LogP) is 0.850. The minimum Gasteiger partial charge on any atom is -0.466 e. The van der Waals surface area contributed by atoms with Gasteiger partial charge in [0.15, 0.2) is 11.9 Å². The van der Waals surface area contributed by atoms with Crippen molar-refractivity contribution in [2.24, 2.45) is 0 Å². The molecular formula is C10H16O5. The lowest BCUT2D eigenvalue weighted by atomic mass is 10.3. The quantitative estimate of drug-likeness (QED) is 0.486. The Bertz CT molecular complexity index is 246. The number of hydrogen-bond donors (Lipinski definition) is 0. The molecule has 0 aromatic carbocycles. The second-order valence-corrected chi connectivity index (χ2v) is 3.19. The highest BCUT2D eigenvalue weighted by Crippen LogP contribution is 1.99. The Morgan fingerprint density at radius 1 is 1.20 bits per heavy atom. The molecule has 0 aliphatic carbocycles. The maximum absolute atomic E-state index is 11.1. The maximum atomic E-state index is 11.1. The van der Waals surface area contributed by atoms with Crippen LogP contribution >= 0.6 is 0 Å². The van der Waals surface area contributed by atoms with Crippen LogP contribution in [0.1, 0.15) is 33.6 Å². The van der Waals surface area contributed by atoms with Gasteiger partial charge in [0.2, 0.25) is 0 Å². The van der Waals surface area contributed by atoms with Crippen molar-refractivity contribution in [3.8, 4) is 0 Å². The Hall–Kier alpha value is -1.39. The Balaban J connectivity index is 3.58. The number of ether oxygens (including phenoxy) is 2. The second kappa shape index (κ2) is 6.98. The predicted molar refractivity (Wildman–Crippen MR) is 52.1 cm³/mol. The molecular weight excluding hydrogens is 200 g/mol. The molecule has 0 aromatic rings. The van der Waals surface area contributed by atoms with Gasteiger partial charge in [0.25, 0.3) is 0 Å². The van der Waals surface area contributed by atoms with E-state index in [9.17, 15) is 14.4 Å². The zero-order chi connectivity index (χ0) is 11.8. The summed E-state index contributed by atoms with van der Waals surface area (Å²) in [6, 6.07) is 0. The molecule has 0 radical (unpaired) electrons. The van der Waals surface area contributed by atoms with Crippen LogP contribution in [0.4, 0.5) is 0 Å². The number of carbonyl (C=O) groups excluding carboxylic acids is 3. The summed E-state index contributed by atoms with van der Waals surface area (Å²) in [6.45, 7) is 4.37. The number of hydrogen-bond acceptors (Lipinski definition) is 5. The summed E-state index contributed by atoms with van der Waals surface area (Å²) in [5, 5.41) is 0. The van der Waals surface area contributed by atoms with E-state index in [1.165, 1.54) is 20.8 Å². The van der Waals surface area contributed by atoms with Gasteiger partial charge in [-0.05, 0) is 20.3 Å². The van der Waals surface area contributed by atoms with E-state index in [1.54, 1.807) is 0 Å². The molecule has 1 atom stereocenters. The maximum Gasteiger partial charge on any atom is 0.306 e. The lowest BCUT2D eigenvalue weighted by Gasteiger charge is -2.09. The first kappa shape index (κ1) is 13.6. The van der Waals surface area contributed by atoms with Crippen molar-refractivity contribution in [2.45, 2.75) is 39.7 Å². The van der Waals surface area contributed by atoms with Crippen LogP contribution in [0.15, 0.2) is 0 Å². The fourth-order valence-electron chi connectivity index (χ4n) is 0.771. The lowest BCUT2D eigenvalue weighted by molar-refractivity contribution is -0.154. The van der Waals surface area contributed by atoms with Crippen molar-refractivity contribution in [2.75, 3.05) is 6.61 Å². The van der Waals surface area contributed by atoms with Gasteiger partial charge in [-0.2, -0.15) is 0 Å². The van der Waals surface area contributed by atoms with Gasteiger partial charge in [0.05, 0.1) is 6.61 Å². The van der Waals surface area contributed by atoms with E-state index in [0.717, 1.165) is 0 Å². The van der Waals surface area contributed by atoms with Gasteiger partial charge < -0.3 is 9.47 Å². The van der Waals surface area contributed by atoms with E-state index in [0.29, 0.717) is 6.42 Å². The molecule has 0 aliphatic rings. The summed E-state index contributed by atoms with van der Waals surface area (Å²) in [5.41, 5.74) is 0. The topological polar surface area (TPSA) is 69.7 Å². The highest BCUT2D eigenvalue weighted by molar-refractivity contribution is 5.83. The molecule has 0 amide bonds. The number of ketones is 1. The second-order valence-electron chi connectivity index (χ2n) is 3.19. The first-order valence-electron chi connectivity index (χ1n) is 4.76. The summed E-state index contributed by atoms with van der Waals surface area (Å²) < 4.78 is 9.42. The standard InChI is InChI=1S/C10H16O5/c1-7(11)8(2)15-10(13)5-4-6-14-9(3)12/h8H,4-6H2,1-3H3. The highest BCUT2D eigenvalue weighted by atomic mass is 16.5. The van der Waals surface area contributed by atoms with Crippen molar-refractivity contribution < 1.29 is 23.9 Å². The Kier molecular flexibility index (Phi) is 6.33. The van der Waals surface area contributed by atoms with Gasteiger partial charge in [0, 0.05) is 13.3 Å². The van der Waals surface area contributed by atoms with E-state index in [1.807, 2.05) is 0 Å². The molecule has 0 N–H and O–H groups in total. The Morgan fingerprint density at radius 2 is 1.80 bits per heavy atom. The van der Waals surface area contributed by atoms with E-state index >= 15 is 0 Å². The number of carbonyl (C=O) groups is 3. The summed E-state index contributed by atoms with van der Waals surface area (Å²) in [6.07, 6.45) is -0.153. The Labute approximate surface area is 88.7 Å². The monoisotopic (exact) mass is 216 g/mol. The molecule has 86 valence electrons. The molecule has 0 aromatic heterocycles. The van der Waals surface area contributed by atoms with Gasteiger partial charge in [-0.15, -0.1) is 0 Å². The summed E-state index contributed by atoms with van der Waals surface area (Å²) >= 11 is 0. The highest BCUT2D eigenvalue weighted by Gasteiger charge is 2.12. The van der Waals surface area contributed by atoms with Crippen LogP contribution in [0, 0.1) is 0 Å². The van der Waals surface area contributed by atoms with Crippen LogP contribution in [0.5, 0.6) is 0 Å². The number of Topliss-reactive ketones (excluding diaryl/α,β-unsaturated/α-hetero) is 1. The van der Waals surface area contributed by atoms with E-state index in [4.69, 9.17) is 4.74 Å². The van der Waals surface area contributed by atoms with Gasteiger partial charge >= 0.3 is 11.9 Å². The van der Waals surface area contributed by atoms with Gasteiger partial charge in [-0.1, -0.05) is 0 Å². The summed E-state index contributed by atoms with van der Waals surface area (Å²) in [4.78, 5) is 32.2. The Morgan fingerprint density at radius 3 is 2.27 bits per heavy atom. The largest absolute Gasteiger partial charge is 0.466 e. The molecule has 0 bridgehead atoms. The molecule has 0 rings (SSSR count). The molecule has 0 heterocycles. The number of esters is 2. The van der Waals surface area contributed by atoms with Crippen LogP contribution in [-0.2, 0) is 23.9 Å². The zero-order valence-electron chi connectivity index (χ0n) is 9.24. The van der Waals surface area contributed by atoms with E-state index in [-0.39, 0.29) is 24.8 Å². The van der Waals surface area contributed by atoms with Gasteiger partial charge in [-0.25, -0.2) is 0 Å².